The van der Waals surface area contributed by atoms with E-state index in [2.05, 4.69) is 0 Å². The van der Waals surface area contributed by atoms with Crippen LogP contribution in [-0.2, 0) is 9.59 Å². The topological polar surface area (TPSA) is 66.8 Å². The smallest absolute Gasteiger partial charge is 0.300 e. The molecule has 1 unspecified atom stereocenters. The molecule has 5 nitrogen and oxygen atoms in total. The molecule has 1 aliphatic heterocycles. The zero-order chi connectivity index (χ0) is 22.1. The fraction of sp³-hybridized carbons (Fsp3) is 0.120. The fourth-order valence-corrected chi connectivity index (χ4v) is 3.67. The maximum absolute atomic E-state index is 13.6. The van der Waals surface area contributed by atoms with Gasteiger partial charge in [0.2, 0.25) is 0 Å². The summed E-state index contributed by atoms with van der Waals surface area (Å²) in [6, 6.07) is 18.3. The first-order valence-electron chi connectivity index (χ1n) is 9.68. The Bertz CT molecular complexity index is 1170. The minimum atomic E-state index is -0.898. The number of Topliss-reactive ketones (excluding diaryl/α,β-unsaturated/α-hetero) is 1. The molecule has 1 amide bonds. The van der Waals surface area contributed by atoms with E-state index in [1.807, 2.05) is 19.1 Å². The van der Waals surface area contributed by atoms with Gasteiger partial charge in [0.1, 0.15) is 17.3 Å². The maximum Gasteiger partial charge on any atom is 0.300 e. The Morgan fingerprint density at radius 1 is 0.935 bits per heavy atom. The van der Waals surface area contributed by atoms with E-state index >= 15 is 0 Å². The molecule has 3 aromatic rings. The Balaban J connectivity index is 1.91. The Morgan fingerprint density at radius 2 is 1.55 bits per heavy atom. The number of hydrogen-bond acceptors (Lipinski definition) is 4. The lowest BCUT2D eigenvalue weighted by Gasteiger charge is -2.25. The number of carbonyl (C=O) groups excluding carboxylic acids is 2. The third-order valence-corrected chi connectivity index (χ3v) is 5.31. The Hall–Kier alpha value is -3.93. The summed E-state index contributed by atoms with van der Waals surface area (Å²) < 4.78 is 18.7. The van der Waals surface area contributed by atoms with Gasteiger partial charge in [-0.3, -0.25) is 14.5 Å². The van der Waals surface area contributed by atoms with Gasteiger partial charge in [0, 0.05) is 11.3 Å². The van der Waals surface area contributed by atoms with Gasteiger partial charge >= 0.3 is 0 Å². The van der Waals surface area contributed by atoms with Gasteiger partial charge in [0.05, 0.1) is 18.7 Å². The molecule has 0 aliphatic carbocycles. The molecule has 0 radical (unpaired) electrons. The summed E-state index contributed by atoms with van der Waals surface area (Å²) >= 11 is 0. The number of rotatable bonds is 4. The molecule has 1 saturated heterocycles. The highest BCUT2D eigenvalue weighted by Gasteiger charge is 2.46. The van der Waals surface area contributed by atoms with E-state index < -0.39 is 23.5 Å². The van der Waals surface area contributed by atoms with Crippen molar-refractivity contribution in [3.8, 4) is 5.75 Å². The predicted molar refractivity (Wildman–Crippen MR) is 115 cm³/mol. The third-order valence-electron chi connectivity index (χ3n) is 5.31. The van der Waals surface area contributed by atoms with Crippen LogP contribution in [0.3, 0.4) is 0 Å². The van der Waals surface area contributed by atoms with Crippen LogP contribution in [-0.4, -0.2) is 23.9 Å². The largest absolute Gasteiger partial charge is 0.507 e. The zero-order valence-electron chi connectivity index (χ0n) is 17.0. The van der Waals surface area contributed by atoms with Crippen LogP contribution in [0.4, 0.5) is 10.1 Å². The van der Waals surface area contributed by atoms with Crippen molar-refractivity contribution in [1.82, 2.24) is 0 Å². The van der Waals surface area contributed by atoms with Crippen LogP contribution in [0, 0.1) is 12.7 Å². The van der Waals surface area contributed by atoms with Crippen molar-refractivity contribution < 1.29 is 23.8 Å². The van der Waals surface area contributed by atoms with Crippen LogP contribution in [0.2, 0.25) is 0 Å². The molecule has 1 atom stereocenters. The van der Waals surface area contributed by atoms with Crippen LogP contribution in [0.15, 0.2) is 78.4 Å². The summed E-state index contributed by atoms with van der Waals surface area (Å²) in [5.74, 6) is -1.71. The molecule has 156 valence electrons. The number of halogens is 1. The number of methoxy groups -OCH3 is 1. The van der Waals surface area contributed by atoms with E-state index in [-0.39, 0.29) is 11.3 Å². The van der Waals surface area contributed by atoms with Crippen LogP contribution >= 0.6 is 0 Å². The highest BCUT2D eigenvalue weighted by atomic mass is 19.1. The lowest BCUT2D eigenvalue weighted by atomic mass is 9.95. The molecule has 3 aromatic carbocycles. The van der Waals surface area contributed by atoms with Crippen molar-refractivity contribution in [2.24, 2.45) is 0 Å². The first kappa shape index (κ1) is 20.3. The Labute approximate surface area is 179 Å². The Kier molecular flexibility index (Phi) is 5.29. The van der Waals surface area contributed by atoms with Crippen molar-refractivity contribution >= 4 is 23.1 Å². The zero-order valence-corrected chi connectivity index (χ0v) is 17.0. The minimum Gasteiger partial charge on any atom is -0.507 e. The number of hydrogen-bond donors (Lipinski definition) is 1. The Morgan fingerprint density at radius 3 is 2.13 bits per heavy atom. The van der Waals surface area contributed by atoms with Crippen molar-refractivity contribution in [2.45, 2.75) is 13.0 Å². The summed E-state index contributed by atoms with van der Waals surface area (Å²) in [6.45, 7) is 1.92. The number of aliphatic hydroxyl groups excluding tert-OH is 1. The van der Waals surface area contributed by atoms with Gasteiger partial charge in [-0.15, -0.1) is 0 Å². The molecule has 0 spiro atoms. The monoisotopic (exact) mass is 417 g/mol. The highest BCUT2D eigenvalue weighted by molar-refractivity contribution is 6.51. The summed E-state index contributed by atoms with van der Waals surface area (Å²) in [4.78, 5) is 27.4. The number of carbonyl (C=O) groups is 2. The summed E-state index contributed by atoms with van der Waals surface area (Å²) in [5.41, 5.74) is 2.33. The molecular weight excluding hydrogens is 397 g/mol. The standard InChI is InChI=1S/C25H20FNO4/c1-15-3-11-19(12-4-15)27-22(16-5-9-18(26)10-6-16)21(24(29)25(27)30)23(28)17-7-13-20(31-2)14-8-17/h3-14,22,28H,1-2H3/b23-21+. The van der Waals surface area contributed by atoms with Crippen molar-refractivity contribution in [1.29, 1.82) is 0 Å². The number of nitrogens with zero attached hydrogens (tertiary/aromatic N) is 1. The first-order chi connectivity index (χ1) is 14.9. The quantitative estimate of drug-likeness (QED) is 0.377. The van der Waals surface area contributed by atoms with E-state index in [1.165, 1.54) is 36.3 Å². The first-order valence-corrected chi connectivity index (χ1v) is 9.68. The maximum atomic E-state index is 13.6. The molecule has 0 saturated carbocycles. The van der Waals surface area contributed by atoms with Crippen molar-refractivity contribution in [3.63, 3.8) is 0 Å². The van der Waals surface area contributed by atoms with Gasteiger partial charge in [-0.1, -0.05) is 29.8 Å². The molecule has 1 N–H and O–H groups in total. The van der Waals surface area contributed by atoms with Gasteiger partial charge in [-0.05, 0) is 61.0 Å². The molecule has 6 heteroatoms. The number of anilines is 1. The number of benzene rings is 3. The summed E-state index contributed by atoms with van der Waals surface area (Å²) in [5, 5.41) is 11.0. The average molecular weight is 417 g/mol. The van der Waals surface area contributed by atoms with Crippen LogP contribution in [0.1, 0.15) is 22.7 Å². The van der Waals surface area contributed by atoms with Crippen LogP contribution in [0.25, 0.3) is 5.76 Å². The molecule has 1 aliphatic rings. The van der Waals surface area contributed by atoms with E-state index in [0.29, 0.717) is 22.6 Å². The normalized spacial score (nSPS) is 17.8. The second kappa shape index (κ2) is 8.07. The molecule has 31 heavy (non-hydrogen) atoms. The van der Waals surface area contributed by atoms with E-state index in [0.717, 1.165) is 5.56 Å². The highest BCUT2D eigenvalue weighted by Crippen LogP contribution is 2.42. The van der Waals surface area contributed by atoms with Crippen LogP contribution in [0.5, 0.6) is 5.75 Å². The van der Waals surface area contributed by atoms with Gasteiger partial charge in [-0.25, -0.2) is 4.39 Å². The molecular formula is C25H20FNO4. The average Bonchev–Trinajstić information content (AvgIpc) is 3.05. The second-order valence-corrected chi connectivity index (χ2v) is 7.28. The third kappa shape index (κ3) is 3.68. The number of aryl methyl sites for hydroxylation is 1. The van der Waals surface area contributed by atoms with E-state index in [4.69, 9.17) is 4.74 Å². The SMILES string of the molecule is COc1ccc(/C(O)=C2\C(=O)C(=O)N(c3ccc(C)cc3)C2c2ccc(F)cc2)cc1. The van der Waals surface area contributed by atoms with Gasteiger partial charge in [0.25, 0.3) is 11.7 Å². The van der Waals surface area contributed by atoms with Gasteiger partial charge in [-0.2, -0.15) is 0 Å². The molecule has 0 aromatic heterocycles. The van der Waals surface area contributed by atoms with E-state index in [9.17, 15) is 19.1 Å². The van der Waals surface area contributed by atoms with Crippen LogP contribution < -0.4 is 9.64 Å². The van der Waals surface area contributed by atoms with E-state index in [1.54, 1.807) is 36.4 Å². The molecule has 1 fully saturated rings. The van der Waals surface area contributed by atoms with Crippen molar-refractivity contribution in [3.05, 3.63) is 101 Å². The predicted octanol–water partition coefficient (Wildman–Crippen LogP) is 4.77. The molecule has 1 heterocycles. The summed E-state index contributed by atoms with van der Waals surface area (Å²) in [7, 11) is 1.52. The number of ketones is 1. The lowest BCUT2D eigenvalue weighted by Crippen LogP contribution is -2.29. The summed E-state index contributed by atoms with van der Waals surface area (Å²) in [6.07, 6.45) is 0. The minimum absolute atomic E-state index is 0.0534. The fourth-order valence-electron chi connectivity index (χ4n) is 3.67. The molecule has 4 rings (SSSR count). The van der Waals surface area contributed by atoms with Gasteiger partial charge in [0.15, 0.2) is 0 Å². The number of ether oxygens (including phenoxy) is 1. The number of aliphatic hydroxyl groups is 1. The van der Waals surface area contributed by atoms with Gasteiger partial charge < -0.3 is 9.84 Å². The molecule has 0 bridgehead atoms. The second-order valence-electron chi connectivity index (χ2n) is 7.28. The van der Waals surface area contributed by atoms with Crippen molar-refractivity contribution in [2.75, 3.05) is 12.0 Å². The lowest BCUT2D eigenvalue weighted by molar-refractivity contribution is -0.132. The number of amides is 1.